The highest BCUT2D eigenvalue weighted by atomic mass is 32.1. The second-order valence-electron chi connectivity index (χ2n) is 5.47. The fourth-order valence-electron chi connectivity index (χ4n) is 2.14. The van der Waals surface area contributed by atoms with Crippen LogP contribution in [0.15, 0.2) is 41.8 Å². The highest BCUT2D eigenvalue weighted by molar-refractivity contribution is 7.13. The quantitative estimate of drug-likeness (QED) is 0.618. The lowest BCUT2D eigenvalue weighted by molar-refractivity contribution is -0.154. The Labute approximate surface area is 158 Å². The lowest BCUT2D eigenvalue weighted by Gasteiger charge is -2.13. The molecule has 140 valence electrons. The van der Waals surface area contributed by atoms with Crippen molar-refractivity contribution in [2.75, 3.05) is 12.4 Å². The summed E-state index contributed by atoms with van der Waals surface area (Å²) in [6.07, 6.45) is -0.972. The van der Waals surface area contributed by atoms with E-state index in [4.69, 9.17) is 9.47 Å². The summed E-state index contributed by atoms with van der Waals surface area (Å²) in [6, 6.07) is 10.5. The molecule has 0 bridgehead atoms. The van der Waals surface area contributed by atoms with E-state index < -0.39 is 18.0 Å². The maximum absolute atomic E-state index is 12.1. The van der Waals surface area contributed by atoms with Gasteiger partial charge in [-0.2, -0.15) is 4.80 Å². The summed E-state index contributed by atoms with van der Waals surface area (Å²) >= 11 is 1.47. The number of carbonyl (C=O) groups is 2. The molecule has 2 aromatic heterocycles. The summed E-state index contributed by atoms with van der Waals surface area (Å²) in [7, 11) is 1.56. The zero-order valence-electron chi connectivity index (χ0n) is 14.7. The van der Waals surface area contributed by atoms with Crippen molar-refractivity contribution in [1.82, 2.24) is 20.2 Å². The van der Waals surface area contributed by atoms with Gasteiger partial charge in [0, 0.05) is 5.69 Å². The van der Waals surface area contributed by atoms with E-state index in [1.54, 1.807) is 31.4 Å². The number of benzene rings is 1. The fraction of sp³-hybridized carbons (Fsp3) is 0.235. The Morgan fingerprint density at radius 2 is 2.04 bits per heavy atom. The molecule has 0 radical (unpaired) electrons. The third kappa shape index (κ3) is 4.88. The first-order valence-corrected chi connectivity index (χ1v) is 8.89. The number of carbonyl (C=O) groups excluding carboxylic acids is 2. The second kappa shape index (κ2) is 8.41. The van der Waals surface area contributed by atoms with Crippen molar-refractivity contribution < 1.29 is 19.1 Å². The summed E-state index contributed by atoms with van der Waals surface area (Å²) in [6.45, 7) is 1.25. The van der Waals surface area contributed by atoms with Crippen LogP contribution in [0.2, 0.25) is 0 Å². The van der Waals surface area contributed by atoms with Crippen molar-refractivity contribution in [3.63, 3.8) is 0 Å². The average Bonchev–Trinajstić information content (AvgIpc) is 3.33. The van der Waals surface area contributed by atoms with Crippen LogP contribution < -0.4 is 10.1 Å². The van der Waals surface area contributed by atoms with Crippen LogP contribution in [-0.2, 0) is 20.9 Å². The third-order valence-electron chi connectivity index (χ3n) is 3.50. The minimum absolute atomic E-state index is 0.238. The van der Waals surface area contributed by atoms with Gasteiger partial charge in [-0.05, 0) is 47.8 Å². The van der Waals surface area contributed by atoms with Crippen molar-refractivity contribution in [1.29, 1.82) is 0 Å². The predicted octanol–water partition coefficient (Wildman–Crippen LogP) is 1.98. The highest BCUT2D eigenvalue weighted by Gasteiger charge is 2.19. The number of tetrazole rings is 1. The maximum Gasteiger partial charge on any atom is 0.330 e. The predicted molar refractivity (Wildman–Crippen MR) is 98.3 cm³/mol. The van der Waals surface area contributed by atoms with Gasteiger partial charge in [0.25, 0.3) is 5.91 Å². The Morgan fingerprint density at radius 3 is 2.70 bits per heavy atom. The van der Waals surface area contributed by atoms with Gasteiger partial charge in [-0.3, -0.25) is 4.79 Å². The van der Waals surface area contributed by atoms with Gasteiger partial charge in [-0.15, -0.1) is 21.5 Å². The second-order valence-corrected chi connectivity index (χ2v) is 6.42. The summed E-state index contributed by atoms with van der Waals surface area (Å²) in [5, 5.41) is 16.4. The summed E-state index contributed by atoms with van der Waals surface area (Å²) in [5.74, 6) is 0.0275. The maximum atomic E-state index is 12.1. The molecule has 2 heterocycles. The monoisotopic (exact) mass is 387 g/mol. The van der Waals surface area contributed by atoms with Crippen molar-refractivity contribution in [2.24, 2.45) is 0 Å². The minimum atomic E-state index is -0.972. The standard InChI is InChI=1S/C17H17N5O4S/c1-11(17(24)18-12-5-7-13(25-2)8-6-12)26-15(23)10-22-20-16(19-21-22)14-4-3-9-27-14/h3-9,11H,10H2,1-2H3,(H,18,24)/t11-/m1/s1. The van der Waals surface area contributed by atoms with Crippen LogP contribution in [0.3, 0.4) is 0 Å². The molecule has 0 aliphatic heterocycles. The van der Waals surface area contributed by atoms with Crippen LogP contribution in [0, 0.1) is 0 Å². The highest BCUT2D eigenvalue weighted by Crippen LogP contribution is 2.19. The van der Waals surface area contributed by atoms with Crippen LogP contribution >= 0.6 is 11.3 Å². The normalized spacial score (nSPS) is 11.6. The molecule has 0 fully saturated rings. The number of hydrogen-bond acceptors (Lipinski definition) is 8. The molecule has 0 saturated heterocycles. The first-order chi connectivity index (χ1) is 13.0. The molecule has 0 aliphatic rings. The summed E-state index contributed by atoms with van der Waals surface area (Å²) in [4.78, 5) is 26.1. The Kier molecular flexibility index (Phi) is 5.77. The number of aromatic nitrogens is 4. The number of amides is 1. The minimum Gasteiger partial charge on any atom is -0.497 e. The average molecular weight is 387 g/mol. The van der Waals surface area contributed by atoms with Gasteiger partial charge in [-0.1, -0.05) is 6.07 Å². The SMILES string of the molecule is COc1ccc(NC(=O)[C@@H](C)OC(=O)Cn2nnc(-c3cccs3)n2)cc1. The molecule has 10 heteroatoms. The number of hydrogen-bond donors (Lipinski definition) is 1. The molecular formula is C17H17N5O4S. The van der Waals surface area contributed by atoms with Crippen molar-refractivity contribution >= 4 is 28.9 Å². The molecule has 0 saturated carbocycles. The molecule has 0 aliphatic carbocycles. The van der Waals surface area contributed by atoms with E-state index in [0.717, 1.165) is 9.67 Å². The van der Waals surface area contributed by atoms with Crippen LogP contribution in [-0.4, -0.2) is 45.3 Å². The molecule has 3 aromatic rings. The van der Waals surface area contributed by atoms with Crippen molar-refractivity contribution in [3.05, 3.63) is 41.8 Å². The number of thiophene rings is 1. The van der Waals surface area contributed by atoms with E-state index in [-0.39, 0.29) is 6.54 Å². The number of nitrogens with zero attached hydrogens (tertiary/aromatic N) is 4. The first-order valence-electron chi connectivity index (χ1n) is 8.01. The van der Waals surface area contributed by atoms with Gasteiger partial charge >= 0.3 is 5.97 Å². The molecule has 1 N–H and O–H groups in total. The van der Waals surface area contributed by atoms with E-state index in [2.05, 4.69) is 20.7 Å². The summed E-state index contributed by atoms with van der Waals surface area (Å²) in [5.41, 5.74) is 0.572. The summed E-state index contributed by atoms with van der Waals surface area (Å²) < 4.78 is 10.2. The van der Waals surface area contributed by atoms with Gasteiger partial charge in [0.1, 0.15) is 5.75 Å². The number of rotatable bonds is 7. The largest absolute Gasteiger partial charge is 0.497 e. The van der Waals surface area contributed by atoms with E-state index in [1.165, 1.54) is 18.3 Å². The van der Waals surface area contributed by atoms with E-state index in [0.29, 0.717) is 17.3 Å². The smallest absolute Gasteiger partial charge is 0.330 e. The van der Waals surface area contributed by atoms with Crippen LogP contribution in [0.5, 0.6) is 5.75 Å². The van der Waals surface area contributed by atoms with Gasteiger partial charge in [-0.25, -0.2) is 4.79 Å². The number of methoxy groups -OCH3 is 1. The number of nitrogens with one attached hydrogen (secondary N) is 1. The van der Waals surface area contributed by atoms with Gasteiger partial charge in [0.15, 0.2) is 12.6 Å². The molecule has 9 nitrogen and oxygen atoms in total. The van der Waals surface area contributed by atoms with Crippen molar-refractivity contribution in [3.8, 4) is 16.5 Å². The van der Waals surface area contributed by atoms with E-state index in [1.807, 2.05) is 17.5 Å². The number of esters is 1. The zero-order valence-corrected chi connectivity index (χ0v) is 15.5. The zero-order chi connectivity index (χ0) is 19.2. The van der Waals surface area contributed by atoms with Crippen LogP contribution in [0.25, 0.3) is 10.7 Å². The molecule has 3 rings (SSSR count). The third-order valence-corrected chi connectivity index (χ3v) is 4.37. The first kappa shape index (κ1) is 18.5. The van der Waals surface area contributed by atoms with E-state index >= 15 is 0 Å². The lowest BCUT2D eigenvalue weighted by Crippen LogP contribution is -2.31. The van der Waals surface area contributed by atoms with Crippen LogP contribution in [0.1, 0.15) is 6.92 Å². The topological polar surface area (TPSA) is 108 Å². The van der Waals surface area contributed by atoms with Gasteiger partial charge in [0.2, 0.25) is 5.82 Å². The Hall–Kier alpha value is -3.27. The molecular weight excluding hydrogens is 370 g/mol. The Bertz CT molecular complexity index is 908. The lowest BCUT2D eigenvalue weighted by atomic mass is 10.3. The fourth-order valence-corrected chi connectivity index (χ4v) is 2.78. The number of ether oxygens (including phenoxy) is 2. The molecule has 0 unspecified atom stereocenters. The Balaban J connectivity index is 1.51. The van der Waals surface area contributed by atoms with Crippen LogP contribution in [0.4, 0.5) is 5.69 Å². The molecule has 1 amide bonds. The van der Waals surface area contributed by atoms with E-state index in [9.17, 15) is 9.59 Å². The van der Waals surface area contributed by atoms with Gasteiger partial charge in [0.05, 0.1) is 12.0 Å². The van der Waals surface area contributed by atoms with Gasteiger partial charge < -0.3 is 14.8 Å². The number of anilines is 1. The van der Waals surface area contributed by atoms with Crippen molar-refractivity contribution in [2.45, 2.75) is 19.6 Å². The molecule has 1 atom stereocenters. The molecule has 27 heavy (non-hydrogen) atoms. The molecule has 1 aromatic carbocycles. The molecule has 0 spiro atoms. The Morgan fingerprint density at radius 1 is 1.26 bits per heavy atom.